The average molecular weight is 325 g/mol. The summed E-state index contributed by atoms with van der Waals surface area (Å²) in [7, 11) is 1.41. The molecule has 1 aromatic carbocycles. The summed E-state index contributed by atoms with van der Waals surface area (Å²) >= 11 is 17.6. The van der Waals surface area contributed by atoms with E-state index in [1.807, 2.05) is 0 Å². The maximum Gasteiger partial charge on any atom is 0.321 e. The van der Waals surface area contributed by atoms with E-state index >= 15 is 0 Å². The highest BCUT2D eigenvalue weighted by molar-refractivity contribution is 6.44. The summed E-state index contributed by atoms with van der Waals surface area (Å²) < 4.78 is 0. The zero-order valence-corrected chi connectivity index (χ0v) is 12.5. The van der Waals surface area contributed by atoms with Gasteiger partial charge in [-0.1, -0.05) is 34.8 Å². The summed E-state index contributed by atoms with van der Waals surface area (Å²) in [6.07, 6.45) is 0. The number of anilines is 1. The van der Waals surface area contributed by atoms with Gasteiger partial charge in [0.2, 0.25) is 5.91 Å². The fourth-order valence-electron chi connectivity index (χ4n) is 1.21. The summed E-state index contributed by atoms with van der Waals surface area (Å²) in [5.74, 6) is -0.499. The van der Waals surface area contributed by atoms with E-state index in [1.54, 1.807) is 6.92 Å². The van der Waals surface area contributed by atoms with E-state index in [9.17, 15) is 9.59 Å². The number of imide groups is 1. The van der Waals surface area contributed by atoms with E-state index in [2.05, 4.69) is 16.0 Å². The fraction of sp³-hybridized carbons (Fsp3) is 0.273. The van der Waals surface area contributed by atoms with E-state index in [-0.39, 0.29) is 0 Å². The van der Waals surface area contributed by atoms with Crippen LogP contribution in [0, 0.1) is 0 Å². The molecule has 0 saturated carbocycles. The smallest absolute Gasteiger partial charge is 0.321 e. The van der Waals surface area contributed by atoms with Crippen LogP contribution in [0.2, 0.25) is 15.1 Å². The summed E-state index contributed by atoms with van der Waals surface area (Å²) in [5.41, 5.74) is 0.454. The van der Waals surface area contributed by atoms with Crippen molar-refractivity contribution in [2.75, 3.05) is 12.4 Å². The van der Waals surface area contributed by atoms with E-state index in [0.717, 1.165) is 0 Å². The largest absolute Gasteiger partial charge is 0.373 e. The molecule has 0 saturated heterocycles. The minimum atomic E-state index is -0.674. The number of benzene rings is 1. The first-order chi connectivity index (χ1) is 8.85. The molecule has 1 rings (SSSR count). The fourth-order valence-corrected chi connectivity index (χ4v) is 1.82. The molecule has 0 fully saturated rings. The summed E-state index contributed by atoms with van der Waals surface area (Å²) in [6, 6.07) is 1.72. The van der Waals surface area contributed by atoms with Gasteiger partial charge < -0.3 is 10.6 Å². The Kier molecular flexibility index (Phi) is 5.72. The maximum absolute atomic E-state index is 11.6. The maximum atomic E-state index is 11.6. The quantitative estimate of drug-likeness (QED) is 0.749. The predicted octanol–water partition coefficient (Wildman–Crippen LogP) is 2.90. The molecule has 104 valence electrons. The lowest BCUT2D eigenvalue weighted by atomic mass is 10.2. The molecule has 0 aliphatic rings. The Morgan fingerprint density at radius 1 is 1.11 bits per heavy atom. The normalized spacial score (nSPS) is 11.6. The van der Waals surface area contributed by atoms with Crippen LogP contribution in [0.25, 0.3) is 0 Å². The molecule has 0 spiro atoms. The van der Waals surface area contributed by atoms with Crippen molar-refractivity contribution in [1.82, 2.24) is 10.6 Å². The van der Waals surface area contributed by atoms with Gasteiger partial charge in [0, 0.05) is 7.05 Å². The summed E-state index contributed by atoms with van der Waals surface area (Å²) in [5, 5.41) is 8.22. The van der Waals surface area contributed by atoms with Crippen molar-refractivity contribution >= 4 is 52.4 Å². The van der Waals surface area contributed by atoms with Crippen molar-refractivity contribution in [2.45, 2.75) is 13.0 Å². The van der Waals surface area contributed by atoms with Gasteiger partial charge in [-0.25, -0.2) is 4.79 Å². The van der Waals surface area contributed by atoms with Crippen molar-refractivity contribution in [3.63, 3.8) is 0 Å². The van der Waals surface area contributed by atoms with Crippen molar-refractivity contribution < 1.29 is 9.59 Å². The van der Waals surface area contributed by atoms with Crippen molar-refractivity contribution in [2.24, 2.45) is 0 Å². The monoisotopic (exact) mass is 323 g/mol. The Hall–Kier alpha value is -1.17. The highest BCUT2D eigenvalue weighted by atomic mass is 35.5. The molecule has 0 aliphatic heterocycles. The number of carbonyl (C=O) groups excluding carboxylic acids is 2. The first-order valence-electron chi connectivity index (χ1n) is 5.28. The molecule has 0 bridgehead atoms. The zero-order valence-electron chi connectivity index (χ0n) is 10.2. The Morgan fingerprint density at radius 2 is 1.68 bits per heavy atom. The van der Waals surface area contributed by atoms with Crippen LogP contribution in [-0.2, 0) is 4.79 Å². The molecule has 0 heterocycles. The second kappa shape index (κ2) is 6.84. The minimum Gasteiger partial charge on any atom is -0.373 e. The molecule has 19 heavy (non-hydrogen) atoms. The van der Waals surface area contributed by atoms with Crippen LogP contribution < -0.4 is 16.0 Å². The molecule has 1 atom stereocenters. The van der Waals surface area contributed by atoms with E-state index in [0.29, 0.717) is 20.8 Å². The average Bonchev–Trinajstić information content (AvgIpc) is 2.35. The van der Waals surface area contributed by atoms with Crippen molar-refractivity contribution in [1.29, 1.82) is 0 Å². The van der Waals surface area contributed by atoms with Crippen molar-refractivity contribution in [3.05, 3.63) is 27.2 Å². The molecule has 1 unspecified atom stereocenters. The van der Waals surface area contributed by atoms with Gasteiger partial charge in [0.1, 0.15) is 6.04 Å². The van der Waals surface area contributed by atoms with Gasteiger partial charge in [0.05, 0.1) is 20.8 Å². The lowest BCUT2D eigenvalue weighted by Crippen LogP contribution is -2.44. The molecule has 3 amide bonds. The van der Waals surface area contributed by atoms with Gasteiger partial charge >= 0.3 is 6.03 Å². The highest BCUT2D eigenvalue weighted by Gasteiger charge is 2.16. The molecular formula is C11H12Cl3N3O2. The second-order valence-electron chi connectivity index (χ2n) is 3.68. The second-order valence-corrected chi connectivity index (χ2v) is 4.90. The number of rotatable bonds is 3. The lowest BCUT2D eigenvalue weighted by Gasteiger charge is -2.16. The van der Waals surface area contributed by atoms with Crippen LogP contribution in [0.3, 0.4) is 0 Å². The van der Waals surface area contributed by atoms with Crippen LogP contribution >= 0.6 is 34.8 Å². The number of nitrogens with one attached hydrogen (secondary N) is 3. The molecule has 5 nitrogen and oxygen atoms in total. The number of hydrogen-bond acceptors (Lipinski definition) is 3. The van der Waals surface area contributed by atoms with Crippen LogP contribution in [0.4, 0.5) is 10.5 Å². The molecular weight excluding hydrogens is 312 g/mol. The predicted molar refractivity (Wildman–Crippen MR) is 77.2 cm³/mol. The van der Waals surface area contributed by atoms with Crippen LogP contribution in [0.5, 0.6) is 0 Å². The van der Waals surface area contributed by atoms with Gasteiger partial charge in [-0.05, 0) is 19.1 Å². The van der Waals surface area contributed by atoms with Gasteiger partial charge in [-0.3, -0.25) is 10.1 Å². The zero-order chi connectivity index (χ0) is 14.6. The summed E-state index contributed by atoms with van der Waals surface area (Å²) in [6.45, 7) is 1.58. The van der Waals surface area contributed by atoms with E-state index in [4.69, 9.17) is 34.8 Å². The van der Waals surface area contributed by atoms with Crippen LogP contribution in [-0.4, -0.2) is 25.0 Å². The number of amides is 3. The third-order valence-corrected chi connectivity index (χ3v) is 3.27. The lowest BCUT2D eigenvalue weighted by molar-refractivity contribution is -0.120. The van der Waals surface area contributed by atoms with E-state index in [1.165, 1.54) is 19.2 Å². The number of carbonyl (C=O) groups is 2. The molecule has 0 aromatic heterocycles. The van der Waals surface area contributed by atoms with Crippen LogP contribution in [0.1, 0.15) is 6.92 Å². The molecule has 8 heteroatoms. The number of urea groups is 1. The topological polar surface area (TPSA) is 70.2 Å². The Bertz CT molecular complexity index is 508. The minimum absolute atomic E-state index is 0.312. The van der Waals surface area contributed by atoms with Gasteiger partial charge in [-0.15, -0.1) is 0 Å². The van der Waals surface area contributed by atoms with Crippen LogP contribution in [0.15, 0.2) is 12.1 Å². The SMILES string of the molecule is CNC(=O)NC(=O)C(C)Nc1cc(Cl)c(Cl)cc1Cl. The Morgan fingerprint density at radius 3 is 2.26 bits per heavy atom. The molecule has 3 N–H and O–H groups in total. The summed E-state index contributed by atoms with van der Waals surface area (Å²) in [4.78, 5) is 22.7. The highest BCUT2D eigenvalue weighted by Crippen LogP contribution is 2.32. The van der Waals surface area contributed by atoms with Gasteiger partial charge in [-0.2, -0.15) is 0 Å². The van der Waals surface area contributed by atoms with E-state index < -0.39 is 18.0 Å². The molecule has 0 aliphatic carbocycles. The van der Waals surface area contributed by atoms with Crippen molar-refractivity contribution in [3.8, 4) is 0 Å². The standard InChI is InChI=1S/C11H12Cl3N3O2/c1-5(10(18)17-11(19)15-2)16-9-4-7(13)6(12)3-8(9)14/h3-5,16H,1-2H3,(H2,15,17,18,19). The Balaban J connectivity index is 2.77. The molecule has 1 aromatic rings. The third-order valence-electron chi connectivity index (χ3n) is 2.24. The number of hydrogen-bond donors (Lipinski definition) is 3. The third kappa shape index (κ3) is 4.45. The Labute approximate surface area is 125 Å². The first kappa shape index (κ1) is 15.9. The first-order valence-corrected chi connectivity index (χ1v) is 6.42. The van der Waals surface area contributed by atoms with Gasteiger partial charge in [0.25, 0.3) is 0 Å². The molecule has 0 radical (unpaired) electrons. The van der Waals surface area contributed by atoms with Gasteiger partial charge in [0.15, 0.2) is 0 Å². The number of halogens is 3.